The van der Waals surface area contributed by atoms with E-state index in [1.54, 1.807) is 0 Å². The Labute approximate surface area is 315 Å². The summed E-state index contributed by atoms with van der Waals surface area (Å²) in [7, 11) is 0. The van der Waals surface area contributed by atoms with E-state index in [0.717, 1.165) is 11.5 Å². The molecule has 48 heavy (non-hydrogen) atoms. The number of rotatable bonds is 13. The first kappa shape index (κ1) is 16.2. The van der Waals surface area contributed by atoms with Gasteiger partial charge < -0.3 is 14.4 Å². The van der Waals surface area contributed by atoms with Crippen LogP contribution in [0.4, 0.5) is 17.6 Å². The van der Waals surface area contributed by atoms with Crippen LogP contribution in [-0.4, -0.2) is 51.2 Å². The Kier molecular flexibility index (Phi) is 5.22. The maximum absolute atomic E-state index is 15.2. The molecule has 0 atom stereocenters. The Morgan fingerprint density at radius 1 is 1.00 bits per heavy atom. The zero-order valence-corrected chi connectivity index (χ0v) is 26.2. The molecule has 0 fully saturated rings. The van der Waals surface area contributed by atoms with Gasteiger partial charge in [0.2, 0.25) is 5.91 Å². The first-order chi connectivity index (χ1) is 31.9. The molecule has 1 aromatic heterocycles. The molecule has 0 aliphatic heterocycles. The van der Waals surface area contributed by atoms with Crippen molar-refractivity contribution < 1.29 is 53.9 Å². The number of amides is 1. The number of carbonyl (C=O) groups is 1. The predicted molar refractivity (Wildman–Crippen MR) is 181 cm³/mol. The third kappa shape index (κ3) is 8.54. The molecule has 0 bridgehead atoms. The summed E-state index contributed by atoms with van der Waals surface area (Å²) < 4.78 is 255. The van der Waals surface area contributed by atoms with E-state index in [2.05, 4.69) is 4.98 Å². The van der Waals surface area contributed by atoms with Gasteiger partial charge in [-0.05, 0) is 91.2 Å². The van der Waals surface area contributed by atoms with E-state index in [4.69, 9.17) is 26.0 Å². The lowest BCUT2D eigenvalue weighted by Crippen LogP contribution is -2.40. The second-order valence-electron chi connectivity index (χ2n) is 9.80. The second kappa shape index (κ2) is 15.5. The molecule has 1 amide bonds. The van der Waals surface area contributed by atoms with Crippen LogP contribution in [0.25, 0.3) is 11.1 Å². The van der Waals surface area contributed by atoms with Gasteiger partial charge in [-0.15, -0.1) is 0 Å². The summed E-state index contributed by atoms with van der Waals surface area (Å²) in [6, 6.07) is -15.3. The number of hydrogen-bond acceptors (Lipinski definition) is 5. The number of halogens is 4. The number of nitrogens with zero attached hydrogens (tertiary/aromatic N) is 4. The Hall–Kier alpha value is -3.96. The summed E-state index contributed by atoms with van der Waals surface area (Å²) in [5.41, 5.74) is -12.0. The first-order valence-electron chi connectivity index (χ1n) is 25.4. The summed E-state index contributed by atoms with van der Waals surface area (Å²) in [6.07, 6.45) is -5.44. The molecule has 0 radical (unpaired) electrons. The van der Waals surface area contributed by atoms with Crippen LogP contribution in [0.1, 0.15) is 85.3 Å². The quantitative estimate of drug-likeness (QED) is 0.0819. The van der Waals surface area contributed by atoms with Crippen molar-refractivity contribution in [1.29, 1.82) is 0 Å². The molecule has 0 saturated carbocycles. The number of alkyl halides is 3. The maximum atomic E-state index is 15.2. The lowest BCUT2D eigenvalue weighted by Gasteiger charge is -2.28. The summed E-state index contributed by atoms with van der Waals surface area (Å²) in [6.45, 7) is -18.7. The lowest BCUT2D eigenvalue weighted by atomic mass is 9.98. The van der Waals surface area contributed by atoms with Crippen molar-refractivity contribution in [3.8, 4) is 11.1 Å². The van der Waals surface area contributed by atoms with Crippen LogP contribution in [0.3, 0.4) is 0 Å². The molecule has 254 valence electrons. The van der Waals surface area contributed by atoms with Gasteiger partial charge in [0.15, 0.2) is 5.16 Å². The summed E-state index contributed by atoms with van der Waals surface area (Å²) >= 11 is -0.129. The molecular formula is C37H40F4N4O2S. The fourth-order valence-corrected chi connectivity index (χ4v) is 5.09. The molecule has 0 spiro atoms. The van der Waals surface area contributed by atoms with Crippen molar-refractivity contribution in [3.05, 3.63) is 116 Å². The highest BCUT2D eigenvalue weighted by Gasteiger charge is 2.30. The minimum Gasteiger partial charge on any atom is -0.336 e. The predicted octanol–water partition coefficient (Wildman–Crippen LogP) is 7.53. The largest absolute Gasteiger partial charge is 0.416 e. The highest BCUT2D eigenvalue weighted by Crippen LogP contribution is 2.32. The van der Waals surface area contributed by atoms with Crippen LogP contribution in [0.15, 0.2) is 76.4 Å². The number of fused-ring (bicyclic) bond motifs is 1. The van der Waals surface area contributed by atoms with Gasteiger partial charge in [-0.1, -0.05) is 67.9 Å². The fraction of sp³-hybridized carbons (Fsp3) is 0.378. The smallest absolute Gasteiger partial charge is 0.336 e. The van der Waals surface area contributed by atoms with Crippen LogP contribution in [-0.2, 0) is 42.6 Å². The zero-order valence-electron chi connectivity index (χ0n) is 48.4. The molecule has 4 aromatic rings. The van der Waals surface area contributed by atoms with E-state index in [1.807, 2.05) is 0 Å². The standard InChI is InChI=1S/C37H40F4N4O2S/c1-4-43(5-2)19-20-44(22-29-12-11-28(21-25(29)3)27-13-15-30(16-14-27)37(39,40)41)34(46)23-45-33-8-6-7-32(33)35(47)42-36(45)48-24-26-9-17-31(38)18-10-26/h9-18,21H,4-8,19-20,22-24H2,1-3H3/i4D2,5D2,9D,10D,11D,12D,13D,14D,15D,16D,17D,18D,19D2,20D2,21D,22D2,24D2. The van der Waals surface area contributed by atoms with E-state index in [9.17, 15) is 27.8 Å². The lowest BCUT2D eigenvalue weighted by molar-refractivity contribution is -0.137. The van der Waals surface area contributed by atoms with Gasteiger partial charge in [-0.3, -0.25) is 9.59 Å². The molecule has 6 nitrogen and oxygen atoms in total. The van der Waals surface area contributed by atoms with E-state index < -0.39 is 178 Å². The van der Waals surface area contributed by atoms with Crippen molar-refractivity contribution in [2.24, 2.45) is 0 Å². The molecule has 5 rings (SSSR count). The van der Waals surface area contributed by atoms with Gasteiger partial charge in [0.05, 0.1) is 26.1 Å². The highest BCUT2D eigenvalue weighted by atomic mass is 32.2. The molecule has 1 aliphatic carbocycles. The number of aromatic nitrogens is 2. The van der Waals surface area contributed by atoms with Gasteiger partial charge >= 0.3 is 6.18 Å². The number of thioether (sulfide) groups is 1. The minimum absolute atomic E-state index is 0.0297. The Bertz CT molecular complexity index is 2840. The number of carbonyl (C=O) groups excluding carboxylic acids is 1. The number of benzene rings is 3. The van der Waals surface area contributed by atoms with E-state index in [0.29, 0.717) is 13.8 Å². The zero-order chi connectivity index (χ0) is 54.8. The summed E-state index contributed by atoms with van der Waals surface area (Å²) in [4.78, 5) is 31.5. The minimum atomic E-state index is -5.44. The van der Waals surface area contributed by atoms with Crippen molar-refractivity contribution in [2.45, 2.75) is 70.1 Å². The molecule has 1 aliphatic rings. The normalized spacial score (nSPS) is 21.5. The van der Waals surface area contributed by atoms with Gasteiger partial charge in [0.1, 0.15) is 12.4 Å². The average Bonchev–Trinajstić information content (AvgIpc) is 3.69. The van der Waals surface area contributed by atoms with Crippen molar-refractivity contribution in [1.82, 2.24) is 19.4 Å². The van der Waals surface area contributed by atoms with Crippen LogP contribution in [0.5, 0.6) is 0 Å². The average molecular weight is 704 g/mol. The van der Waals surface area contributed by atoms with Crippen LogP contribution in [0, 0.1) is 12.7 Å². The summed E-state index contributed by atoms with van der Waals surface area (Å²) in [5, 5.41) is -0.837. The third-order valence-corrected chi connectivity index (χ3v) is 7.49. The molecule has 0 unspecified atom stereocenters. The topological polar surface area (TPSA) is 58.4 Å². The van der Waals surface area contributed by atoms with Crippen LogP contribution in [0.2, 0.25) is 0 Å². The van der Waals surface area contributed by atoms with Gasteiger partial charge in [0.25, 0.3) is 5.56 Å². The van der Waals surface area contributed by atoms with Crippen molar-refractivity contribution in [3.63, 3.8) is 0 Å². The second-order valence-corrected chi connectivity index (χ2v) is 10.6. The fourth-order valence-electron chi connectivity index (χ4n) is 4.38. The molecule has 11 heteroatoms. The van der Waals surface area contributed by atoms with Gasteiger partial charge in [-0.2, -0.15) is 18.2 Å². The summed E-state index contributed by atoms with van der Waals surface area (Å²) in [5.74, 6) is -3.59. The van der Waals surface area contributed by atoms with E-state index in [-0.39, 0.29) is 47.2 Å². The molecule has 0 N–H and O–H groups in total. The highest BCUT2D eigenvalue weighted by molar-refractivity contribution is 7.98. The van der Waals surface area contributed by atoms with Crippen molar-refractivity contribution in [2.75, 3.05) is 26.0 Å². The monoisotopic (exact) mass is 703 g/mol. The van der Waals surface area contributed by atoms with Crippen LogP contribution >= 0.6 is 11.8 Å². The number of likely N-dealkylation sites (N-methyl/N-ethyl adjacent to an activating group) is 1. The molecule has 1 heterocycles. The Morgan fingerprint density at radius 2 is 1.69 bits per heavy atom. The van der Waals surface area contributed by atoms with E-state index in [1.165, 1.54) is 0 Å². The first-order valence-corrected chi connectivity index (χ1v) is 14.8. The molecule has 0 saturated heterocycles. The third-order valence-electron chi connectivity index (χ3n) is 6.69. The van der Waals surface area contributed by atoms with Gasteiger partial charge in [-0.25, -0.2) is 4.39 Å². The van der Waals surface area contributed by atoms with Crippen LogP contribution < -0.4 is 5.56 Å². The van der Waals surface area contributed by atoms with Gasteiger partial charge in [0, 0.05) is 47.4 Å². The number of hydrogen-bond donors (Lipinski definition) is 0. The molecular weight excluding hydrogens is 640 g/mol. The molecule has 3 aromatic carbocycles. The van der Waals surface area contributed by atoms with Crippen molar-refractivity contribution >= 4 is 17.7 Å². The maximum Gasteiger partial charge on any atom is 0.416 e. The van der Waals surface area contributed by atoms with E-state index >= 15 is 4.79 Å². The Balaban J connectivity index is 1.85. The Morgan fingerprint density at radius 3 is 2.35 bits per heavy atom. The SMILES string of the molecule is [2H]c1c([2H])c(C([2H])([2H])Sc2nc(=O)c3c(n2CC(=O)N(C([2H])([2H])c2c([2H])c([2H])c(-c4c([2H])c([2H])c(C(F)(F)F)c([2H])c4[2H])c([2H])c2C)C([2H])([2H])C([2H])([2H])N(C([2H])([2H])C)C([2H])([2H])C)CCC3)c([2H])c([2H])c1F.